The number of hydrogen-bond donors (Lipinski definition) is 6. The van der Waals surface area contributed by atoms with Crippen molar-refractivity contribution in [3.63, 3.8) is 0 Å². The molecule has 0 atom stereocenters. The average Bonchev–Trinajstić information content (AvgIpc) is 2.35. The van der Waals surface area contributed by atoms with Crippen LogP contribution < -0.4 is 0 Å². The van der Waals surface area contributed by atoms with Gasteiger partial charge in [-0.3, -0.25) is 0 Å². The van der Waals surface area contributed by atoms with Crippen molar-refractivity contribution in [1.29, 1.82) is 0 Å². The van der Waals surface area contributed by atoms with E-state index in [9.17, 15) is 9.59 Å². The first-order chi connectivity index (χ1) is 11.4. The Morgan fingerprint density at radius 2 is 0.885 bits per heavy atom. The highest BCUT2D eigenvalue weighted by molar-refractivity contribution is 7.45. The van der Waals surface area contributed by atoms with Gasteiger partial charge in [-0.25, -0.2) is 18.7 Å². The maximum Gasteiger partial charge on any atom is 0.466 e. The number of carbonyl (C=O) groups excluding carboxylic acids is 2. The molecule has 0 bridgehead atoms. The molecule has 0 amide bonds. The number of hydrogen-bond acceptors (Lipinski definition) is 6. The summed E-state index contributed by atoms with van der Waals surface area (Å²) in [4.78, 5) is 64.0. The van der Waals surface area contributed by atoms with Crippen molar-refractivity contribution in [1.82, 2.24) is 0 Å². The van der Waals surface area contributed by atoms with Gasteiger partial charge in [-0.2, -0.15) is 0 Å². The highest BCUT2D eigenvalue weighted by Crippen LogP contribution is 2.26. The minimum atomic E-state index is -4.64. The molecule has 12 nitrogen and oxygen atoms in total. The van der Waals surface area contributed by atoms with Gasteiger partial charge in [0.25, 0.3) is 0 Å². The molecule has 0 radical (unpaired) electrons. The Kier molecular flexibility index (Phi) is 21.2. The van der Waals surface area contributed by atoms with E-state index in [0.29, 0.717) is 24.4 Å². The monoisotopic (exact) mass is 424 g/mol. The molecule has 0 fully saturated rings. The lowest BCUT2D eigenvalue weighted by atomic mass is 10.4. The Balaban J connectivity index is -0.000000127. The maximum atomic E-state index is 10.4. The van der Waals surface area contributed by atoms with Gasteiger partial charge in [0.05, 0.1) is 13.2 Å². The Morgan fingerprint density at radius 3 is 0.923 bits per heavy atom. The third kappa shape index (κ3) is 66.4. The van der Waals surface area contributed by atoms with Crippen molar-refractivity contribution in [3.8, 4) is 0 Å². The Labute approximate surface area is 151 Å². The predicted octanol–water partition coefficient (Wildman–Crippen LogP) is 0.394. The Bertz CT molecular complexity index is 466. The van der Waals surface area contributed by atoms with E-state index < -0.39 is 15.6 Å². The maximum absolute atomic E-state index is 10.4. The van der Waals surface area contributed by atoms with E-state index in [-0.39, 0.29) is 11.9 Å². The molecule has 0 aliphatic heterocycles. The molecule has 0 aliphatic rings. The van der Waals surface area contributed by atoms with Crippen LogP contribution in [0.4, 0.5) is 0 Å². The van der Waals surface area contributed by atoms with Crippen LogP contribution in [0.15, 0.2) is 24.3 Å². The number of carbonyl (C=O) groups is 2. The predicted molar refractivity (Wildman–Crippen MR) is 91.4 cm³/mol. The van der Waals surface area contributed by atoms with Gasteiger partial charge in [0.1, 0.15) is 0 Å². The Hall–Kier alpha value is -1.36. The third-order valence-electron chi connectivity index (χ3n) is 1.25. The minimum absolute atomic E-state index is 0.312. The second kappa shape index (κ2) is 17.1. The molecule has 0 rings (SSSR count). The van der Waals surface area contributed by atoms with Crippen LogP contribution in [-0.4, -0.2) is 54.5 Å². The standard InChI is InChI=1S/2C6H10O2.2H3O4P/c2*1-4-8-6(7)5(2)3;2*1-5(2,3)4/h2*2,4H2,1,3H3;2*(H3,1,2,3,4). The first kappa shape index (κ1) is 32.3. The molecule has 156 valence electrons. The zero-order valence-electron chi connectivity index (χ0n) is 14.9. The molecule has 0 saturated carbocycles. The second-order valence-corrected chi connectivity index (χ2v) is 6.08. The summed E-state index contributed by atoms with van der Waals surface area (Å²) < 4.78 is 26.9. The van der Waals surface area contributed by atoms with Crippen molar-refractivity contribution in [2.24, 2.45) is 0 Å². The van der Waals surface area contributed by atoms with E-state index in [0.717, 1.165) is 0 Å². The fourth-order valence-corrected chi connectivity index (χ4v) is 0.509. The molecule has 0 aromatic heterocycles. The number of rotatable bonds is 4. The summed E-state index contributed by atoms with van der Waals surface area (Å²) in [6, 6.07) is 0. The molecular formula is C12H26O12P2. The number of esters is 2. The van der Waals surface area contributed by atoms with Gasteiger partial charge in [0.2, 0.25) is 0 Å². The SMILES string of the molecule is C=C(C)C(=O)OCC.C=C(C)C(=O)OCC.O=P(O)(O)O.O=P(O)(O)O. The highest BCUT2D eigenvalue weighted by atomic mass is 31.2. The number of phosphoric acid groups is 2. The summed E-state index contributed by atoms with van der Waals surface area (Å²) in [5, 5.41) is 0. The van der Waals surface area contributed by atoms with Gasteiger partial charge in [0.15, 0.2) is 0 Å². The molecular weight excluding hydrogens is 398 g/mol. The third-order valence-corrected chi connectivity index (χ3v) is 1.25. The van der Waals surface area contributed by atoms with Crippen LogP contribution >= 0.6 is 15.6 Å². The lowest BCUT2D eigenvalue weighted by Crippen LogP contribution is -2.03. The van der Waals surface area contributed by atoms with Gasteiger partial charge in [-0.05, 0) is 27.7 Å². The van der Waals surface area contributed by atoms with Crippen LogP contribution in [-0.2, 0) is 28.2 Å². The molecule has 0 aromatic carbocycles. The van der Waals surface area contributed by atoms with E-state index in [1.165, 1.54) is 0 Å². The molecule has 14 heteroatoms. The van der Waals surface area contributed by atoms with Crippen LogP contribution in [0.3, 0.4) is 0 Å². The fraction of sp³-hybridized carbons (Fsp3) is 0.500. The van der Waals surface area contributed by atoms with Gasteiger partial charge < -0.3 is 38.8 Å². The average molecular weight is 424 g/mol. The summed E-state index contributed by atoms with van der Waals surface area (Å²) >= 11 is 0. The summed E-state index contributed by atoms with van der Waals surface area (Å²) in [7, 11) is -9.28. The van der Waals surface area contributed by atoms with E-state index in [4.69, 9.17) is 38.5 Å². The highest BCUT2D eigenvalue weighted by Gasteiger charge is 2.01. The molecule has 0 heterocycles. The summed E-state index contributed by atoms with van der Waals surface area (Å²) in [6.45, 7) is 14.4. The van der Waals surface area contributed by atoms with Gasteiger partial charge >= 0.3 is 27.6 Å². The molecule has 0 unspecified atom stereocenters. The van der Waals surface area contributed by atoms with Gasteiger partial charge in [0, 0.05) is 11.1 Å². The zero-order chi connectivity index (χ0) is 22.1. The van der Waals surface area contributed by atoms with E-state index in [1.807, 2.05) is 0 Å². The first-order valence-electron chi connectivity index (χ1n) is 6.58. The van der Waals surface area contributed by atoms with Crippen LogP contribution in [0.2, 0.25) is 0 Å². The lowest BCUT2D eigenvalue weighted by molar-refractivity contribution is -0.139. The molecule has 0 aromatic rings. The smallest absolute Gasteiger partial charge is 0.463 e. The van der Waals surface area contributed by atoms with Gasteiger partial charge in [-0.15, -0.1) is 0 Å². The number of ether oxygens (including phenoxy) is 2. The lowest BCUT2D eigenvalue weighted by Gasteiger charge is -1.96. The summed E-state index contributed by atoms with van der Waals surface area (Å²) in [5.41, 5.74) is 0.902. The van der Waals surface area contributed by atoms with Crippen molar-refractivity contribution in [2.45, 2.75) is 27.7 Å². The van der Waals surface area contributed by atoms with E-state index >= 15 is 0 Å². The summed E-state index contributed by atoms with van der Waals surface area (Å²) in [5.74, 6) is -0.625. The van der Waals surface area contributed by atoms with Crippen LogP contribution in [0.5, 0.6) is 0 Å². The van der Waals surface area contributed by atoms with Crippen LogP contribution in [0.25, 0.3) is 0 Å². The molecule has 0 aliphatic carbocycles. The molecule has 0 spiro atoms. The topological polar surface area (TPSA) is 208 Å². The van der Waals surface area contributed by atoms with Crippen LogP contribution in [0.1, 0.15) is 27.7 Å². The molecule has 26 heavy (non-hydrogen) atoms. The molecule has 6 N–H and O–H groups in total. The Morgan fingerprint density at radius 1 is 0.731 bits per heavy atom. The normalized spacial score (nSPS) is 9.62. The largest absolute Gasteiger partial charge is 0.466 e. The van der Waals surface area contributed by atoms with Crippen molar-refractivity contribution < 1.29 is 57.6 Å². The second-order valence-electron chi connectivity index (χ2n) is 4.03. The van der Waals surface area contributed by atoms with Gasteiger partial charge in [-0.1, -0.05) is 13.2 Å². The van der Waals surface area contributed by atoms with E-state index in [2.05, 4.69) is 22.6 Å². The zero-order valence-corrected chi connectivity index (χ0v) is 16.6. The van der Waals surface area contributed by atoms with Crippen molar-refractivity contribution >= 4 is 27.6 Å². The fourth-order valence-electron chi connectivity index (χ4n) is 0.509. The van der Waals surface area contributed by atoms with E-state index in [1.54, 1.807) is 27.7 Å². The first-order valence-corrected chi connectivity index (χ1v) is 9.71. The van der Waals surface area contributed by atoms with Crippen molar-refractivity contribution in [2.75, 3.05) is 13.2 Å². The van der Waals surface area contributed by atoms with Crippen molar-refractivity contribution in [3.05, 3.63) is 24.3 Å². The quantitative estimate of drug-likeness (QED) is 0.206. The molecule has 0 saturated heterocycles. The summed E-state index contributed by atoms with van der Waals surface area (Å²) in [6.07, 6.45) is 0. The minimum Gasteiger partial charge on any atom is -0.463 e. The van der Waals surface area contributed by atoms with Crippen LogP contribution in [0, 0.1) is 0 Å².